The van der Waals surface area contributed by atoms with Crippen molar-refractivity contribution in [2.45, 2.75) is 45.1 Å². The maximum Gasteiger partial charge on any atom is 0.228 e. The molecular weight excluding hydrogens is 314 g/mol. The van der Waals surface area contributed by atoms with Crippen molar-refractivity contribution in [1.29, 1.82) is 0 Å². The summed E-state index contributed by atoms with van der Waals surface area (Å²) < 4.78 is 5.35. The van der Waals surface area contributed by atoms with Crippen molar-refractivity contribution in [3.63, 3.8) is 0 Å². The molecule has 5 nitrogen and oxygen atoms in total. The van der Waals surface area contributed by atoms with E-state index in [0.717, 1.165) is 44.0 Å². The number of carbonyl (C=O) groups excluding carboxylic acids is 1. The quantitative estimate of drug-likeness (QED) is 0.862. The van der Waals surface area contributed by atoms with Crippen molar-refractivity contribution in [1.82, 2.24) is 10.3 Å². The highest BCUT2D eigenvalue weighted by atomic mass is 16.5. The van der Waals surface area contributed by atoms with Crippen molar-refractivity contribution >= 4 is 11.6 Å². The molecule has 1 amide bonds. The van der Waals surface area contributed by atoms with Crippen LogP contribution >= 0.6 is 0 Å². The van der Waals surface area contributed by atoms with Gasteiger partial charge >= 0.3 is 0 Å². The summed E-state index contributed by atoms with van der Waals surface area (Å²) in [5.74, 6) is 1.55. The third kappa shape index (κ3) is 3.26. The molecule has 25 heavy (non-hydrogen) atoms. The maximum atomic E-state index is 13.0. The normalized spacial score (nSPS) is 27.8. The molecule has 0 bridgehead atoms. The first-order valence-electron chi connectivity index (χ1n) is 9.59. The van der Waals surface area contributed by atoms with Gasteiger partial charge in [0.2, 0.25) is 5.91 Å². The molecule has 1 aliphatic heterocycles. The average molecular weight is 343 g/mol. The third-order valence-corrected chi connectivity index (χ3v) is 6.37. The first-order chi connectivity index (χ1) is 12.1. The van der Waals surface area contributed by atoms with Crippen molar-refractivity contribution in [3.05, 3.63) is 24.0 Å². The fraction of sp³-hybridized carbons (Fsp3) is 0.700. The number of nitrogens with one attached hydrogen (secondary N) is 1. The lowest BCUT2D eigenvalue weighted by atomic mass is 9.68. The zero-order valence-electron chi connectivity index (χ0n) is 15.3. The summed E-state index contributed by atoms with van der Waals surface area (Å²) in [4.78, 5) is 19.7. The topological polar surface area (TPSA) is 54.5 Å². The molecule has 1 aromatic heterocycles. The number of amides is 1. The molecule has 0 spiro atoms. The number of hydrogen-bond donors (Lipinski definition) is 1. The number of rotatable bonds is 6. The molecule has 1 saturated heterocycles. The third-order valence-electron chi connectivity index (χ3n) is 6.37. The highest BCUT2D eigenvalue weighted by molar-refractivity contribution is 5.84. The van der Waals surface area contributed by atoms with Crippen LogP contribution in [0.3, 0.4) is 0 Å². The Hall–Kier alpha value is -1.62. The van der Waals surface area contributed by atoms with Crippen LogP contribution in [0.1, 0.15) is 37.8 Å². The molecule has 0 radical (unpaired) electrons. The van der Waals surface area contributed by atoms with Crippen molar-refractivity contribution in [2.24, 2.45) is 17.3 Å². The molecule has 3 fully saturated rings. The van der Waals surface area contributed by atoms with E-state index in [1.165, 1.54) is 18.5 Å². The molecule has 1 aromatic rings. The summed E-state index contributed by atoms with van der Waals surface area (Å²) >= 11 is 0. The highest BCUT2D eigenvalue weighted by Gasteiger charge is 2.48. The molecule has 4 rings (SSSR count). The van der Waals surface area contributed by atoms with Crippen LogP contribution < -0.4 is 10.2 Å². The Balaban J connectivity index is 1.47. The molecular formula is C20H29N3O2. The lowest BCUT2D eigenvalue weighted by Gasteiger charge is -2.40. The van der Waals surface area contributed by atoms with Gasteiger partial charge in [-0.1, -0.05) is 6.42 Å². The lowest BCUT2D eigenvalue weighted by molar-refractivity contribution is -0.141. The van der Waals surface area contributed by atoms with Gasteiger partial charge < -0.3 is 15.0 Å². The first-order valence-corrected chi connectivity index (χ1v) is 9.59. The molecule has 2 heterocycles. The van der Waals surface area contributed by atoms with E-state index in [4.69, 9.17) is 4.74 Å². The predicted molar refractivity (Wildman–Crippen MR) is 97.5 cm³/mol. The van der Waals surface area contributed by atoms with E-state index in [9.17, 15) is 4.79 Å². The Kier molecular flexibility index (Phi) is 4.44. The standard InChI is InChI=1S/C20H29N3O2/c1-14-10-16(6-9-21-14)23-11-17(15-4-5-15)18(12-23)22-19(24)20(13-25-2)7-3-8-20/h6,9-10,15,17-18H,3-5,7-8,11-13H2,1-2H3,(H,22,24)/t17-,18+/m1/s1. The summed E-state index contributed by atoms with van der Waals surface area (Å²) in [5, 5.41) is 3.42. The Morgan fingerprint density at radius 1 is 1.40 bits per heavy atom. The van der Waals surface area contributed by atoms with Gasteiger partial charge in [0.1, 0.15) is 0 Å². The summed E-state index contributed by atoms with van der Waals surface area (Å²) in [6, 6.07) is 4.48. The van der Waals surface area contributed by atoms with Gasteiger partial charge in [-0.2, -0.15) is 0 Å². The van der Waals surface area contributed by atoms with Crippen LogP contribution in [-0.2, 0) is 9.53 Å². The predicted octanol–water partition coefficient (Wildman–Crippen LogP) is 2.54. The fourth-order valence-electron chi connectivity index (χ4n) is 4.56. The minimum absolute atomic E-state index is 0.212. The zero-order chi connectivity index (χ0) is 17.4. The van der Waals surface area contributed by atoms with E-state index in [0.29, 0.717) is 12.5 Å². The number of pyridine rings is 1. The van der Waals surface area contributed by atoms with Crippen LogP contribution in [0.15, 0.2) is 18.3 Å². The van der Waals surface area contributed by atoms with E-state index in [2.05, 4.69) is 27.3 Å². The number of hydrogen-bond acceptors (Lipinski definition) is 4. The SMILES string of the molecule is COCC1(C(=O)N[C@H]2CN(c3ccnc(C)c3)C[C@@H]2C2CC2)CCC1. The Labute approximate surface area is 150 Å². The lowest BCUT2D eigenvalue weighted by Crippen LogP contribution is -2.53. The maximum absolute atomic E-state index is 13.0. The Bertz CT molecular complexity index is 640. The van der Waals surface area contributed by atoms with E-state index in [1.807, 2.05) is 13.1 Å². The van der Waals surface area contributed by atoms with Crippen LogP contribution in [0, 0.1) is 24.2 Å². The van der Waals surface area contributed by atoms with Gasteiger partial charge in [-0.25, -0.2) is 0 Å². The minimum Gasteiger partial charge on any atom is -0.384 e. The second kappa shape index (κ2) is 6.60. The van der Waals surface area contributed by atoms with Crippen LogP contribution in [0.4, 0.5) is 5.69 Å². The first kappa shape index (κ1) is 16.8. The largest absolute Gasteiger partial charge is 0.384 e. The van der Waals surface area contributed by atoms with Crippen molar-refractivity contribution in [2.75, 3.05) is 31.7 Å². The van der Waals surface area contributed by atoms with E-state index >= 15 is 0 Å². The highest BCUT2D eigenvalue weighted by Crippen LogP contribution is 2.44. The molecule has 0 unspecified atom stereocenters. The van der Waals surface area contributed by atoms with Gasteiger partial charge in [-0.15, -0.1) is 0 Å². The zero-order valence-corrected chi connectivity index (χ0v) is 15.3. The molecule has 2 aliphatic carbocycles. The second-order valence-corrected chi connectivity index (χ2v) is 8.21. The summed E-state index contributed by atoms with van der Waals surface area (Å²) in [5.41, 5.74) is 2.00. The average Bonchev–Trinajstić information content (AvgIpc) is 3.32. The van der Waals surface area contributed by atoms with E-state index in [1.54, 1.807) is 7.11 Å². The number of nitrogens with zero attached hydrogens (tertiary/aromatic N) is 2. The second-order valence-electron chi connectivity index (χ2n) is 8.21. The monoisotopic (exact) mass is 343 g/mol. The van der Waals surface area contributed by atoms with Gasteiger partial charge in [0.15, 0.2) is 0 Å². The molecule has 136 valence electrons. The van der Waals surface area contributed by atoms with E-state index in [-0.39, 0.29) is 17.4 Å². The molecule has 2 atom stereocenters. The fourth-order valence-corrected chi connectivity index (χ4v) is 4.56. The number of ether oxygens (including phenoxy) is 1. The van der Waals surface area contributed by atoms with Gasteiger partial charge in [-0.3, -0.25) is 9.78 Å². The van der Waals surface area contributed by atoms with Gasteiger partial charge in [0, 0.05) is 43.7 Å². The molecule has 0 aromatic carbocycles. The number of aromatic nitrogens is 1. The van der Waals surface area contributed by atoms with E-state index < -0.39 is 0 Å². The van der Waals surface area contributed by atoms with Crippen LogP contribution in [0.5, 0.6) is 0 Å². The molecule has 2 saturated carbocycles. The molecule has 1 N–H and O–H groups in total. The Morgan fingerprint density at radius 3 is 2.80 bits per heavy atom. The van der Waals surface area contributed by atoms with Gasteiger partial charge in [0.25, 0.3) is 0 Å². The van der Waals surface area contributed by atoms with Gasteiger partial charge in [0.05, 0.1) is 18.1 Å². The van der Waals surface area contributed by atoms with Gasteiger partial charge in [-0.05, 0) is 50.7 Å². The minimum atomic E-state index is -0.274. The Morgan fingerprint density at radius 2 is 2.20 bits per heavy atom. The summed E-state index contributed by atoms with van der Waals surface area (Å²) in [7, 11) is 1.70. The van der Waals surface area contributed by atoms with Crippen molar-refractivity contribution in [3.8, 4) is 0 Å². The van der Waals surface area contributed by atoms with Crippen LogP contribution in [0.2, 0.25) is 0 Å². The number of methoxy groups -OCH3 is 1. The van der Waals surface area contributed by atoms with Crippen LogP contribution in [0.25, 0.3) is 0 Å². The number of carbonyl (C=O) groups is 1. The number of anilines is 1. The summed E-state index contributed by atoms with van der Waals surface area (Å²) in [6.07, 6.45) is 7.55. The summed E-state index contributed by atoms with van der Waals surface area (Å²) in [6.45, 7) is 4.52. The number of aryl methyl sites for hydroxylation is 1. The molecule has 5 heteroatoms. The van der Waals surface area contributed by atoms with Crippen LogP contribution in [-0.4, -0.2) is 43.7 Å². The smallest absolute Gasteiger partial charge is 0.228 e. The molecule has 3 aliphatic rings. The van der Waals surface area contributed by atoms with Crippen molar-refractivity contribution < 1.29 is 9.53 Å².